The zero-order valence-electron chi connectivity index (χ0n) is 12.7. The largest absolute Gasteiger partial charge is 0.247 e. The molecule has 0 N–H and O–H groups in total. The molecule has 0 aromatic carbocycles. The summed E-state index contributed by atoms with van der Waals surface area (Å²) in [6, 6.07) is 0. The first-order valence-corrected chi connectivity index (χ1v) is 8.13. The SMILES string of the molecule is CC(C)C1CCC(C2CC(C)C(C)C(F)C2)CC1. The van der Waals surface area contributed by atoms with Crippen molar-refractivity contribution in [2.24, 2.45) is 35.5 Å². The van der Waals surface area contributed by atoms with Crippen molar-refractivity contribution in [3.05, 3.63) is 0 Å². The summed E-state index contributed by atoms with van der Waals surface area (Å²) in [7, 11) is 0. The molecule has 0 aromatic rings. The predicted octanol–water partition coefficient (Wildman–Crippen LogP) is 5.47. The van der Waals surface area contributed by atoms with Crippen LogP contribution in [0.4, 0.5) is 4.39 Å². The topological polar surface area (TPSA) is 0 Å². The summed E-state index contributed by atoms with van der Waals surface area (Å²) in [4.78, 5) is 0. The first-order chi connectivity index (χ1) is 8.49. The predicted molar refractivity (Wildman–Crippen MR) is 76.2 cm³/mol. The Kier molecular flexibility index (Phi) is 4.72. The molecule has 2 aliphatic carbocycles. The van der Waals surface area contributed by atoms with Gasteiger partial charge in [0.25, 0.3) is 0 Å². The van der Waals surface area contributed by atoms with Crippen molar-refractivity contribution < 1.29 is 4.39 Å². The summed E-state index contributed by atoms with van der Waals surface area (Å²) < 4.78 is 14.0. The van der Waals surface area contributed by atoms with Gasteiger partial charge in [0.1, 0.15) is 6.17 Å². The molecule has 2 fully saturated rings. The molecule has 0 saturated heterocycles. The second-order valence-electron chi connectivity index (χ2n) is 7.50. The highest BCUT2D eigenvalue weighted by molar-refractivity contribution is 4.87. The van der Waals surface area contributed by atoms with E-state index in [4.69, 9.17) is 0 Å². The van der Waals surface area contributed by atoms with Gasteiger partial charge in [0.2, 0.25) is 0 Å². The molecule has 18 heavy (non-hydrogen) atoms. The van der Waals surface area contributed by atoms with Gasteiger partial charge in [-0.2, -0.15) is 0 Å². The number of hydrogen-bond donors (Lipinski definition) is 0. The minimum Gasteiger partial charge on any atom is -0.247 e. The lowest BCUT2D eigenvalue weighted by molar-refractivity contribution is 0.0452. The smallest absolute Gasteiger partial charge is 0.103 e. The first-order valence-electron chi connectivity index (χ1n) is 8.13. The molecule has 0 aliphatic heterocycles. The van der Waals surface area contributed by atoms with E-state index in [-0.39, 0.29) is 5.92 Å². The zero-order chi connectivity index (χ0) is 13.3. The van der Waals surface area contributed by atoms with Crippen LogP contribution in [-0.2, 0) is 0 Å². The third kappa shape index (κ3) is 3.08. The summed E-state index contributed by atoms with van der Waals surface area (Å²) >= 11 is 0. The van der Waals surface area contributed by atoms with E-state index in [1.807, 2.05) is 0 Å². The van der Waals surface area contributed by atoms with Crippen LogP contribution in [0.2, 0.25) is 0 Å². The van der Waals surface area contributed by atoms with Gasteiger partial charge in [-0.05, 0) is 74.0 Å². The normalized spacial score (nSPS) is 46.3. The Hall–Kier alpha value is -0.0700. The third-order valence-corrected chi connectivity index (χ3v) is 6.10. The molecule has 4 unspecified atom stereocenters. The van der Waals surface area contributed by atoms with Gasteiger partial charge in [-0.1, -0.05) is 27.7 Å². The molecule has 0 bridgehead atoms. The molecule has 2 aliphatic rings. The van der Waals surface area contributed by atoms with Crippen molar-refractivity contribution in [2.75, 3.05) is 0 Å². The fourth-order valence-corrected chi connectivity index (χ4v) is 4.32. The van der Waals surface area contributed by atoms with Crippen molar-refractivity contribution in [3.63, 3.8) is 0 Å². The molecule has 0 radical (unpaired) electrons. The highest BCUT2D eigenvalue weighted by Gasteiger charge is 2.37. The van der Waals surface area contributed by atoms with Crippen LogP contribution < -0.4 is 0 Å². The average molecular weight is 254 g/mol. The van der Waals surface area contributed by atoms with Gasteiger partial charge in [-0.25, -0.2) is 4.39 Å². The Morgan fingerprint density at radius 1 is 0.889 bits per heavy atom. The molecule has 1 heteroatoms. The molecule has 4 atom stereocenters. The molecule has 106 valence electrons. The van der Waals surface area contributed by atoms with E-state index in [0.717, 1.165) is 24.2 Å². The lowest BCUT2D eigenvalue weighted by Gasteiger charge is -2.42. The number of alkyl halides is 1. The van der Waals surface area contributed by atoms with Crippen LogP contribution in [0.15, 0.2) is 0 Å². The van der Waals surface area contributed by atoms with Crippen LogP contribution in [0.5, 0.6) is 0 Å². The molecule has 0 nitrogen and oxygen atoms in total. The third-order valence-electron chi connectivity index (χ3n) is 6.10. The van der Waals surface area contributed by atoms with Gasteiger partial charge in [-0.3, -0.25) is 0 Å². The fraction of sp³-hybridized carbons (Fsp3) is 1.00. The van der Waals surface area contributed by atoms with Crippen molar-refractivity contribution in [1.82, 2.24) is 0 Å². The number of halogens is 1. The van der Waals surface area contributed by atoms with E-state index < -0.39 is 6.17 Å². The van der Waals surface area contributed by atoms with E-state index in [9.17, 15) is 4.39 Å². The lowest BCUT2D eigenvalue weighted by Crippen LogP contribution is -2.35. The summed E-state index contributed by atoms with van der Waals surface area (Å²) in [5.41, 5.74) is 0. The molecule has 0 amide bonds. The van der Waals surface area contributed by atoms with Crippen LogP contribution >= 0.6 is 0 Å². The molecule has 0 heterocycles. The summed E-state index contributed by atoms with van der Waals surface area (Å²) in [5, 5.41) is 0. The molecule has 0 aromatic heterocycles. The van der Waals surface area contributed by atoms with Crippen molar-refractivity contribution >= 4 is 0 Å². The average Bonchev–Trinajstić information content (AvgIpc) is 2.35. The second kappa shape index (κ2) is 5.92. The number of rotatable bonds is 2. The Morgan fingerprint density at radius 2 is 1.50 bits per heavy atom. The fourth-order valence-electron chi connectivity index (χ4n) is 4.32. The van der Waals surface area contributed by atoms with E-state index >= 15 is 0 Å². The van der Waals surface area contributed by atoms with Crippen LogP contribution in [0, 0.1) is 35.5 Å². The Morgan fingerprint density at radius 3 is 2.00 bits per heavy atom. The van der Waals surface area contributed by atoms with Crippen LogP contribution in [0.25, 0.3) is 0 Å². The maximum absolute atomic E-state index is 14.0. The molecule has 0 spiro atoms. The van der Waals surface area contributed by atoms with Crippen LogP contribution in [0.3, 0.4) is 0 Å². The van der Waals surface area contributed by atoms with Gasteiger partial charge >= 0.3 is 0 Å². The summed E-state index contributed by atoms with van der Waals surface area (Å²) in [6.07, 6.45) is 7.09. The molecular formula is C17H31F. The van der Waals surface area contributed by atoms with E-state index in [2.05, 4.69) is 27.7 Å². The quantitative estimate of drug-likeness (QED) is 0.613. The lowest BCUT2D eigenvalue weighted by atomic mass is 9.65. The van der Waals surface area contributed by atoms with Crippen LogP contribution in [-0.4, -0.2) is 6.17 Å². The van der Waals surface area contributed by atoms with Crippen LogP contribution in [0.1, 0.15) is 66.2 Å². The minimum atomic E-state index is -0.540. The Labute approximate surface area is 113 Å². The van der Waals surface area contributed by atoms with Crippen molar-refractivity contribution in [2.45, 2.75) is 72.4 Å². The second-order valence-corrected chi connectivity index (χ2v) is 7.50. The standard InChI is InChI=1S/C17H31F/c1-11(2)14-5-7-15(8-6-14)16-9-12(3)13(4)17(18)10-16/h11-17H,5-10H2,1-4H3. The highest BCUT2D eigenvalue weighted by Crippen LogP contribution is 2.45. The molecular weight excluding hydrogens is 223 g/mol. The zero-order valence-corrected chi connectivity index (χ0v) is 12.7. The maximum atomic E-state index is 14.0. The first kappa shape index (κ1) is 14.3. The Bertz CT molecular complexity index is 240. The summed E-state index contributed by atoms with van der Waals surface area (Å²) in [6.45, 7) is 9.06. The monoisotopic (exact) mass is 254 g/mol. The number of hydrogen-bond acceptors (Lipinski definition) is 0. The van der Waals surface area contributed by atoms with E-state index in [1.165, 1.54) is 32.1 Å². The maximum Gasteiger partial charge on any atom is 0.103 e. The van der Waals surface area contributed by atoms with E-state index in [0.29, 0.717) is 11.8 Å². The van der Waals surface area contributed by atoms with Gasteiger partial charge in [0, 0.05) is 0 Å². The van der Waals surface area contributed by atoms with E-state index in [1.54, 1.807) is 0 Å². The van der Waals surface area contributed by atoms with Gasteiger partial charge in [0.15, 0.2) is 0 Å². The highest BCUT2D eigenvalue weighted by atomic mass is 19.1. The van der Waals surface area contributed by atoms with Gasteiger partial charge in [-0.15, -0.1) is 0 Å². The summed E-state index contributed by atoms with van der Waals surface area (Å²) in [5.74, 6) is 4.15. The van der Waals surface area contributed by atoms with Gasteiger partial charge < -0.3 is 0 Å². The Balaban J connectivity index is 1.86. The van der Waals surface area contributed by atoms with Crippen molar-refractivity contribution in [1.29, 1.82) is 0 Å². The molecule has 2 rings (SSSR count). The molecule has 2 saturated carbocycles. The minimum absolute atomic E-state index is 0.285. The van der Waals surface area contributed by atoms with Gasteiger partial charge in [0.05, 0.1) is 0 Å². The van der Waals surface area contributed by atoms with Crippen molar-refractivity contribution in [3.8, 4) is 0 Å².